The third-order valence-corrected chi connectivity index (χ3v) is 5.88. The Morgan fingerprint density at radius 3 is 2.91 bits per heavy atom. The highest BCUT2D eigenvalue weighted by Gasteiger charge is 2.55. The lowest BCUT2D eigenvalue weighted by atomic mass is 10.1. The third kappa shape index (κ3) is 2.15. The maximum atomic E-state index is 9.64. The molecule has 4 rings (SSSR count). The van der Waals surface area contributed by atoms with Gasteiger partial charge in [-0.15, -0.1) is 11.8 Å². The molecule has 118 valence electrons. The highest BCUT2D eigenvalue weighted by atomic mass is 35.5. The molecule has 2 aliphatic rings. The number of ether oxygens (including phenoxy) is 2. The maximum Gasteiger partial charge on any atom is 0.163 e. The van der Waals surface area contributed by atoms with E-state index in [-0.39, 0.29) is 29.4 Å². The summed E-state index contributed by atoms with van der Waals surface area (Å²) in [7, 11) is 0. The van der Waals surface area contributed by atoms with Gasteiger partial charge in [0.2, 0.25) is 0 Å². The van der Waals surface area contributed by atoms with E-state index in [1.54, 1.807) is 11.8 Å². The van der Waals surface area contributed by atoms with Crippen molar-refractivity contribution in [1.29, 1.82) is 0 Å². The molecule has 8 heteroatoms. The van der Waals surface area contributed by atoms with E-state index in [9.17, 15) is 5.11 Å². The minimum atomic E-state index is -0.641. The van der Waals surface area contributed by atoms with Crippen molar-refractivity contribution in [3.8, 4) is 0 Å². The quantitative estimate of drug-likeness (QED) is 0.845. The summed E-state index contributed by atoms with van der Waals surface area (Å²) in [6, 6.07) is 1.90. The number of fused-ring (bicyclic) bond motifs is 2. The van der Waals surface area contributed by atoms with Crippen LogP contribution in [0.1, 0.15) is 19.2 Å². The van der Waals surface area contributed by atoms with Gasteiger partial charge in [-0.2, -0.15) is 0 Å². The van der Waals surface area contributed by atoms with Gasteiger partial charge in [0.05, 0.1) is 17.2 Å². The van der Waals surface area contributed by atoms with Gasteiger partial charge in [-0.1, -0.05) is 11.6 Å². The summed E-state index contributed by atoms with van der Waals surface area (Å²) in [6.45, 7) is 3.85. The zero-order valence-electron chi connectivity index (χ0n) is 12.1. The number of hydrogen-bond acceptors (Lipinski definition) is 6. The highest BCUT2D eigenvalue weighted by Crippen LogP contribution is 2.51. The molecule has 2 fully saturated rings. The SMILES string of the molecule is CC1(C)OC2[C@H](n3ccc4c(Cl)ncnc43)S[C@H](CO)[C@H]2O1. The van der Waals surface area contributed by atoms with Gasteiger partial charge in [0.15, 0.2) is 5.79 Å². The Kier molecular flexibility index (Phi) is 3.39. The summed E-state index contributed by atoms with van der Waals surface area (Å²) < 4.78 is 14.1. The lowest BCUT2D eigenvalue weighted by Crippen LogP contribution is -2.30. The van der Waals surface area contributed by atoms with Gasteiger partial charge in [-0.3, -0.25) is 0 Å². The topological polar surface area (TPSA) is 69.4 Å². The number of aliphatic hydroxyl groups excluding tert-OH is 1. The Hall–Kier alpha value is -0.860. The van der Waals surface area contributed by atoms with Crippen LogP contribution in [0.2, 0.25) is 5.15 Å². The molecule has 22 heavy (non-hydrogen) atoms. The van der Waals surface area contributed by atoms with Crippen molar-refractivity contribution in [2.75, 3.05) is 6.61 Å². The van der Waals surface area contributed by atoms with E-state index in [1.807, 2.05) is 30.7 Å². The summed E-state index contributed by atoms with van der Waals surface area (Å²) in [4.78, 5) is 8.35. The lowest BCUT2D eigenvalue weighted by molar-refractivity contribution is -0.149. The van der Waals surface area contributed by atoms with Gasteiger partial charge in [0, 0.05) is 6.20 Å². The van der Waals surface area contributed by atoms with Crippen molar-refractivity contribution in [1.82, 2.24) is 14.5 Å². The lowest BCUT2D eigenvalue weighted by Gasteiger charge is -2.23. The van der Waals surface area contributed by atoms with Crippen LogP contribution in [0.15, 0.2) is 18.6 Å². The number of thioether (sulfide) groups is 1. The molecule has 4 atom stereocenters. The first-order chi connectivity index (χ1) is 10.5. The van der Waals surface area contributed by atoms with Gasteiger partial charge in [0.25, 0.3) is 0 Å². The first-order valence-corrected chi connectivity index (χ1v) is 8.41. The molecular weight excluding hydrogens is 326 g/mol. The molecular formula is C14H16ClN3O3S. The number of aromatic nitrogens is 3. The van der Waals surface area contributed by atoms with Crippen molar-refractivity contribution < 1.29 is 14.6 Å². The number of aliphatic hydroxyl groups is 1. The number of rotatable bonds is 2. The zero-order chi connectivity index (χ0) is 15.5. The van der Waals surface area contributed by atoms with E-state index in [4.69, 9.17) is 21.1 Å². The van der Waals surface area contributed by atoms with E-state index in [1.165, 1.54) is 6.33 Å². The molecule has 4 heterocycles. The van der Waals surface area contributed by atoms with E-state index >= 15 is 0 Å². The molecule has 0 spiro atoms. The van der Waals surface area contributed by atoms with Gasteiger partial charge in [0.1, 0.15) is 34.7 Å². The number of halogens is 1. The Bertz CT molecular complexity index is 722. The van der Waals surface area contributed by atoms with Crippen molar-refractivity contribution in [2.45, 2.75) is 42.5 Å². The minimum Gasteiger partial charge on any atom is -0.395 e. The highest BCUT2D eigenvalue weighted by molar-refractivity contribution is 8.00. The standard InChI is InChI=1S/C14H16ClN3O3S/c1-14(2)20-9-8(5-19)22-13(10(9)21-14)18-4-3-7-11(15)16-6-17-12(7)18/h3-4,6,8-10,13,19H,5H2,1-2H3/t8-,9-,10?,13-/m1/s1. The van der Waals surface area contributed by atoms with E-state index in [0.29, 0.717) is 5.15 Å². The van der Waals surface area contributed by atoms with Crippen molar-refractivity contribution in [3.05, 3.63) is 23.7 Å². The second kappa shape index (κ2) is 5.07. The molecule has 0 saturated carbocycles. The molecule has 6 nitrogen and oxygen atoms in total. The molecule has 2 saturated heterocycles. The molecule has 2 aromatic heterocycles. The monoisotopic (exact) mass is 341 g/mol. The van der Waals surface area contributed by atoms with Crippen LogP contribution in [0.5, 0.6) is 0 Å². The second-order valence-electron chi connectivity index (χ2n) is 5.94. The Balaban J connectivity index is 1.77. The van der Waals surface area contributed by atoms with Gasteiger partial charge < -0.3 is 19.1 Å². The predicted octanol–water partition coefficient (Wildman–Crippen LogP) is 2.21. The van der Waals surface area contributed by atoms with Gasteiger partial charge in [-0.05, 0) is 19.9 Å². The van der Waals surface area contributed by atoms with E-state index in [2.05, 4.69) is 9.97 Å². The summed E-state index contributed by atoms with van der Waals surface area (Å²) in [5, 5.41) is 10.8. The van der Waals surface area contributed by atoms with Crippen LogP contribution in [0, 0.1) is 0 Å². The van der Waals surface area contributed by atoms with Gasteiger partial charge in [-0.25, -0.2) is 9.97 Å². The fourth-order valence-corrected chi connectivity index (χ4v) is 4.84. The van der Waals surface area contributed by atoms with Crippen molar-refractivity contribution in [3.63, 3.8) is 0 Å². The van der Waals surface area contributed by atoms with Gasteiger partial charge >= 0.3 is 0 Å². The molecule has 2 aliphatic heterocycles. The first-order valence-electron chi connectivity index (χ1n) is 7.09. The Morgan fingerprint density at radius 2 is 2.14 bits per heavy atom. The summed E-state index contributed by atoms with van der Waals surface area (Å²) in [5.74, 6) is -0.641. The van der Waals surface area contributed by atoms with Crippen LogP contribution < -0.4 is 0 Å². The van der Waals surface area contributed by atoms with Crippen LogP contribution in [0.3, 0.4) is 0 Å². The van der Waals surface area contributed by atoms with Crippen LogP contribution >= 0.6 is 23.4 Å². The number of nitrogens with zero attached hydrogens (tertiary/aromatic N) is 3. The van der Waals surface area contributed by atoms with Crippen LogP contribution in [0.25, 0.3) is 11.0 Å². The van der Waals surface area contributed by atoms with Crippen LogP contribution in [-0.2, 0) is 9.47 Å². The fraction of sp³-hybridized carbons (Fsp3) is 0.571. The first kappa shape index (κ1) is 14.7. The Morgan fingerprint density at radius 1 is 1.36 bits per heavy atom. The molecule has 0 bridgehead atoms. The molecule has 1 N–H and O–H groups in total. The summed E-state index contributed by atoms with van der Waals surface area (Å²) in [6.07, 6.45) is 3.12. The summed E-state index contributed by atoms with van der Waals surface area (Å²) in [5.41, 5.74) is 0.767. The number of hydrogen-bond donors (Lipinski definition) is 1. The average Bonchev–Trinajstić information content (AvgIpc) is 3.10. The van der Waals surface area contributed by atoms with Crippen molar-refractivity contribution >= 4 is 34.4 Å². The zero-order valence-corrected chi connectivity index (χ0v) is 13.7. The van der Waals surface area contributed by atoms with Crippen LogP contribution in [-0.4, -0.2) is 49.5 Å². The molecule has 0 radical (unpaired) electrons. The normalized spacial score (nSPS) is 33.5. The summed E-state index contributed by atoms with van der Waals surface area (Å²) >= 11 is 7.76. The second-order valence-corrected chi connectivity index (χ2v) is 7.66. The minimum absolute atomic E-state index is 0.0209. The van der Waals surface area contributed by atoms with E-state index < -0.39 is 5.79 Å². The Labute approximate surface area is 136 Å². The molecule has 2 aromatic rings. The smallest absolute Gasteiger partial charge is 0.163 e. The molecule has 0 aliphatic carbocycles. The fourth-order valence-electron chi connectivity index (χ4n) is 3.18. The largest absolute Gasteiger partial charge is 0.395 e. The van der Waals surface area contributed by atoms with E-state index in [0.717, 1.165) is 11.0 Å². The predicted molar refractivity (Wildman–Crippen MR) is 83.9 cm³/mol. The average molecular weight is 342 g/mol. The third-order valence-electron chi connectivity index (χ3n) is 4.04. The molecule has 0 aromatic carbocycles. The maximum absolute atomic E-state index is 9.64. The molecule has 0 amide bonds. The van der Waals surface area contributed by atoms with Crippen LogP contribution in [0.4, 0.5) is 0 Å². The van der Waals surface area contributed by atoms with Crippen molar-refractivity contribution in [2.24, 2.45) is 0 Å². The molecule has 1 unspecified atom stereocenters.